The first-order valence-electron chi connectivity index (χ1n) is 3.89. The van der Waals surface area contributed by atoms with E-state index in [0.29, 0.717) is 0 Å². The summed E-state index contributed by atoms with van der Waals surface area (Å²) in [5.41, 5.74) is 1.39. The van der Waals surface area contributed by atoms with Crippen molar-refractivity contribution in [2.24, 2.45) is 11.8 Å². The van der Waals surface area contributed by atoms with E-state index in [1.807, 2.05) is 0 Å². The minimum atomic E-state index is 0.870. The minimum absolute atomic E-state index is 0.870. The Morgan fingerprint density at radius 1 is 1.56 bits per heavy atom. The number of rotatable bonds is 2. The Morgan fingerprint density at radius 2 is 2.11 bits per heavy atom. The molecule has 1 fully saturated rings. The first-order chi connectivity index (χ1) is 4.24. The summed E-state index contributed by atoms with van der Waals surface area (Å²) in [4.78, 5) is 0. The SMILES string of the molecule is C=C(C)C1CC(CC)C1. The van der Waals surface area contributed by atoms with E-state index in [9.17, 15) is 0 Å². The maximum absolute atomic E-state index is 3.95. The van der Waals surface area contributed by atoms with Crippen molar-refractivity contribution in [3.05, 3.63) is 12.2 Å². The van der Waals surface area contributed by atoms with Gasteiger partial charge in [0.05, 0.1) is 0 Å². The van der Waals surface area contributed by atoms with Crippen molar-refractivity contribution >= 4 is 0 Å². The van der Waals surface area contributed by atoms with E-state index in [1.54, 1.807) is 0 Å². The average molecular weight is 124 g/mol. The quantitative estimate of drug-likeness (QED) is 0.496. The predicted molar refractivity (Wildman–Crippen MR) is 41.3 cm³/mol. The normalized spacial score (nSPS) is 33.6. The van der Waals surface area contributed by atoms with Crippen molar-refractivity contribution in [3.8, 4) is 0 Å². The Hall–Kier alpha value is -0.260. The van der Waals surface area contributed by atoms with Crippen LogP contribution in [-0.4, -0.2) is 0 Å². The molecule has 1 aliphatic carbocycles. The molecule has 0 heterocycles. The molecule has 0 nitrogen and oxygen atoms in total. The Bertz CT molecular complexity index is 107. The van der Waals surface area contributed by atoms with E-state index in [4.69, 9.17) is 0 Å². The van der Waals surface area contributed by atoms with Crippen LogP contribution in [0.2, 0.25) is 0 Å². The Balaban J connectivity index is 2.19. The number of hydrogen-bond donors (Lipinski definition) is 0. The van der Waals surface area contributed by atoms with Crippen molar-refractivity contribution in [1.82, 2.24) is 0 Å². The molecule has 0 aromatic heterocycles. The molecule has 0 saturated heterocycles. The lowest BCUT2D eigenvalue weighted by atomic mass is 9.71. The van der Waals surface area contributed by atoms with Gasteiger partial charge in [0.1, 0.15) is 0 Å². The van der Waals surface area contributed by atoms with Crippen LogP contribution < -0.4 is 0 Å². The maximum atomic E-state index is 3.95. The van der Waals surface area contributed by atoms with Crippen molar-refractivity contribution < 1.29 is 0 Å². The summed E-state index contributed by atoms with van der Waals surface area (Å²) < 4.78 is 0. The van der Waals surface area contributed by atoms with Gasteiger partial charge in [-0.05, 0) is 31.6 Å². The van der Waals surface area contributed by atoms with E-state index in [1.165, 1.54) is 24.8 Å². The molecule has 0 unspecified atom stereocenters. The summed E-state index contributed by atoms with van der Waals surface area (Å²) in [7, 11) is 0. The molecule has 1 rings (SSSR count). The molecule has 0 atom stereocenters. The van der Waals surface area contributed by atoms with E-state index in [2.05, 4.69) is 20.4 Å². The first-order valence-corrected chi connectivity index (χ1v) is 3.89. The van der Waals surface area contributed by atoms with Gasteiger partial charge in [-0.15, -0.1) is 0 Å². The van der Waals surface area contributed by atoms with Gasteiger partial charge in [0, 0.05) is 0 Å². The Kier molecular flexibility index (Phi) is 1.94. The van der Waals surface area contributed by atoms with Gasteiger partial charge in [0.2, 0.25) is 0 Å². The molecule has 52 valence electrons. The molecular formula is C9H16. The fourth-order valence-corrected chi connectivity index (χ4v) is 1.47. The zero-order valence-corrected chi connectivity index (χ0v) is 6.48. The fourth-order valence-electron chi connectivity index (χ4n) is 1.47. The van der Waals surface area contributed by atoms with Crippen LogP contribution in [0.5, 0.6) is 0 Å². The molecular weight excluding hydrogens is 108 g/mol. The zero-order valence-electron chi connectivity index (χ0n) is 6.48. The van der Waals surface area contributed by atoms with Crippen LogP contribution in [0, 0.1) is 11.8 Å². The summed E-state index contributed by atoms with van der Waals surface area (Å²) in [6.45, 7) is 8.37. The van der Waals surface area contributed by atoms with E-state index < -0.39 is 0 Å². The topological polar surface area (TPSA) is 0 Å². The maximum Gasteiger partial charge on any atom is -0.0203 e. The highest BCUT2D eigenvalue weighted by Crippen LogP contribution is 2.39. The average Bonchev–Trinajstić information content (AvgIpc) is 1.61. The Morgan fingerprint density at radius 3 is 2.44 bits per heavy atom. The molecule has 9 heavy (non-hydrogen) atoms. The van der Waals surface area contributed by atoms with Crippen LogP contribution >= 0.6 is 0 Å². The molecule has 0 amide bonds. The summed E-state index contributed by atoms with van der Waals surface area (Å²) >= 11 is 0. The third-order valence-corrected chi connectivity index (χ3v) is 2.51. The fraction of sp³-hybridized carbons (Fsp3) is 0.778. The number of hydrogen-bond acceptors (Lipinski definition) is 0. The summed E-state index contributed by atoms with van der Waals surface area (Å²) in [6, 6.07) is 0. The Labute approximate surface area is 58.0 Å². The van der Waals surface area contributed by atoms with Gasteiger partial charge in [0.25, 0.3) is 0 Å². The van der Waals surface area contributed by atoms with Gasteiger partial charge in [-0.2, -0.15) is 0 Å². The highest BCUT2D eigenvalue weighted by atomic mass is 14.3. The van der Waals surface area contributed by atoms with Crippen LogP contribution in [0.3, 0.4) is 0 Å². The van der Waals surface area contributed by atoms with Gasteiger partial charge in [0.15, 0.2) is 0 Å². The predicted octanol–water partition coefficient (Wildman–Crippen LogP) is 3.00. The van der Waals surface area contributed by atoms with Crippen LogP contribution in [0.1, 0.15) is 33.1 Å². The highest BCUT2D eigenvalue weighted by molar-refractivity contribution is 5.02. The van der Waals surface area contributed by atoms with E-state index >= 15 is 0 Å². The summed E-state index contributed by atoms with van der Waals surface area (Å²) in [5, 5.41) is 0. The van der Waals surface area contributed by atoms with Crippen molar-refractivity contribution in [2.75, 3.05) is 0 Å². The monoisotopic (exact) mass is 124 g/mol. The molecule has 1 saturated carbocycles. The second-order valence-corrected chi connectivity index (χ2v) is 3.29. The van der Waals surface area contributed by atoms with Crippen LogP contribution in [0.25, 0.3) is 0 Å². The molecule has 0 radical (unpaired) electrons. The van der Waals surface area contributed by atoms with Crippen LogP contribution in [-0.2, 0) is 0 Å². The first kappa shape index (κ1) is 6.85. The van der Waals surface area contributed by atoms with Gasteiger partial charge < -0.3 is 0 Å². The molecule has 0 spiro atoms. The van der Waals surface area contributed by atoms with Crippen molar-refractivity contribution in [1.29, 1.82) is 0 Å². The summed E-state index contributed by atoms with van der Waals surface area (Å²) in [5.74, 6) is 1.89. The second-order valence-electron chi connectivity index (χ2n) is 3.29. The molecule has 0 aromatic rings. The molecule has 1 aliphatic rings. The third-order valence-electron chi connectivity index (χ3n) is 2.51. The largest absolute Gasteiger partial charge is 0.0999 e. The molecule has 0 bridgehead atoms. The van der Waals surface area contributed by atoms with Crippen molar-refractivity contribution in [3.63, 3.8) is 0 Å². The molecule has 0 N–H and O–H groups in total. The van der Waals surface area contributed by atoms with E-state index in [-0.39, 0.29) is 0 Å². The smallest absolute Gasteiger partial charge is 0.0203 e. The van der Waals surface area contributed by atoms with Crippen molar-refractivity contribution in [2.45, 2.75) is 33.1 Å². The highest BCUT2D eigenvalue weighted by Gasteiger charge is 2.27. The lowest BCUT2D eigenvalue weighted by Crippen LogP contribution is -2.23. The summed E-state index contributed by atoms with van der Waals surface area (Å²) in [6.07, 6.45) is 4.18. The molecule has 0 aromatic carbocycles. The van der Waals surface area contributed by atoms with Gasteiger partial charge in [-0.3, -0.25) is 0 Å². The van der Waals surface area contributed by atoms with Gasteiger partial charge in [-0.1, -0.05) is 25.5 Å². The van der Waals surface area contributed by atoms with Gasteiger partial charge in [-0.25, -0.2) is 0 Å². The standard InChI is InChI=1S/C9H16/c1-4-8-5-9(6-8)7(2)3/h8-9H,2,4-6H2,1,3H3. The van der Waals surface area contributed by atoms with Crippen LogP contribution in [0.4, 0.5) is 0 Å². The zero-order chi connectivity index (χ0) is 6.85. The lowest BCUT2D eigenvalue weighted by molar-refractivity contribution is 0.222. The molecule has 0 heteroatoms. The van der Waals surface area contributed by atoms with Crippen LogP contribution in [0.15, 0.2) is 12.2 Å². The lowest BCUT2D eigenvalue weighted by Gasteiger charge is -2.35. The number of allylic oxidation sites excluding steroid dienone is 1. The molecule has 0 aliphatic heterocycles. The third kappa shape index (κ3) is 1.35. The van der Waals surface area contributed by atoms with Gasteiger partial charge >= 0.3 is 0 Å². The minimum Gasteiger partial charge on any atom is -0.0999 e. The second kappa shape index (κ2) is 2.55. The van der Waals surface area contributed by atoms with E-state index in [0.717, 1.165) is 11.8 Å².